The maximum Gasteiger partial charge on any atom is 0.243 e. The van der Waals surface area contributed by atoms with Gasteiger partial charge in [0, 0.05) is 52.4 Å². The van der Waals surface area contributed by atoms with E-state index in [9.17, 15) is 16.8 Å². The molecule has 3 rings (SSSR count). The van der Waals surface area contributed by atoms with Gasteiger partial charge >= 0.3 is 0 Å². The fraction of sp³-hybridized carbons (Fsp3) is 0.571. The molecule has 41 heavy (non-hydrogen) atoms. The molecular formula is C28H44N4O7S2. The molecule has 230 valence electrons. The maximum atomic E-state index is 13.3. The number of hydrogen-bond donors (Lipinski definition) is 3. The quantitative estimate of drug-likeness (QED) is 0.458. The number of sulfonamides is 1. The normalized spacial score (nSPS) is 21.1. The van der Waals surface area contributed by atoms with Crippen LogP contribution in [0.15, 0.2) is 58.3 Å². The SMILES string of the molecule is Cc1ccc(S(=O)(=O)C2COCCNCCN(S(=O)(=O)c3ccc(C)cc3)CCNCCNCCOCCO2)cc1. The molecule has 2 aromatic rings. The van der Waals surface area contributed by atoms with Crippen LogP contribution >= 0.6 is 0 Å². The van der Waals surface area contributed by atoms with Gasteiger partial charge in [0.05, 0.1) is 42.8 Å². The highest BCUT2D eigenvalue weighted by Gasteiger charge is 2.29. The summed E-state index contributed by atoms with van der Waals surface area (Å²) >= 11 is 0. The van der Waals surface area contributed by atoms with Gasteiger partial charge in [-0.2, -0.15) is 4.31 Å². The Kier molecular flexibility index (Phi) is 14.1. The van der Waals surface area contributed by atoms with Gasteiger partial charge in [-0.3, -0.25) is 0 Å². The molecule has 0 aromatic heterocycles. The summed E-state index contributed by atoms with van der Waals surface area (Å²) in [5.41, 5.74) is 0.774. The molecule has 1 aliphatic heterocycles. The minimum absolute atomic E-state index is 0.115. The molecular weight excluding hydrogens is 568 g/mol. The Balaban J connectivity index is 1.62. The second-order valence-corrected chi connectivity index (χ2v) is 13.8. The van der Waals surface area contributed by atoms with Crippen molar-refractivity contribution in [2.75, 3.05) is 85.4 Å². The summed E-state index contributed by atoms with van der Waals surface area (Å²) in [5.74, 6) is 0. The molecule has 0 bridgehead atoms. The largest absolute Gasteiger partial charge is 0.378 e. The number of nitrogens with zero attached hydrogens (tertiary/aromatic N) is 1. The third-order valence-electron chi connectivity index (χ3n) is 6.54. The van der Waals surface area contributed by atoms with Gasteiger partial charge in [0.2, 0.25) is 19.9 Å². The van der Waals surface area contributed by atoms with Crippen molar-refractivity contribution in [3.63, 3.8) is 0 Å². The number of nitrogens with one attached hydrogen (secondary N) is 3. The summed E-state index contributed by atoms with van der Waals surface area (Å²) in [4.78, 5) is 0.438. The number of hydrogen-bond acceptors (Lipinski definition) is 10. The van der Waals surface area contributed by atoms with Crippen LogP contribution in [0.4, 0.5) is 0 Å². The van der Waals surface area contributed by atoms with Crippen LogP contribution in [0.25, 0.3) is 0 Å². The van der Waals surface area contributed by atoms with E-state index in [1.807, 2.05) is 13.8 Å². The van der Waals surface area contributed by atoms with Crippen molar-refractivity contribution in [1.29, 1.82) is 0 Å². The lowest BCUT2D eigenvalue weighted by Crippen LogP contribution is -2.42. The molecule has 1 heterocycles. The van der Waals surface area contributed by atoms with E-state index in [2.05, 4.69) is 16.0 Å². The van der Waals surface area contributed by atoms with Crippen molar-refractivity contribution in [3.8, 4) is 0 Å². The van der Waals surface area contributed by atoms with Gasteiger partial charge in [0.15, 0.2) is 5.44 Å². The Bertz CT molecular complexity index is 1140. The van der Waals surface area contributed by atoms with Crippen LogP contribution in [0.1, 0.15) is 11.1 Å². The molecule has 1 unspecified atom stereocenters. The first kappa shape index (κ1) is 33.6. The lowest BCUT2D eigenvalue weighted by atomic mass is 10.2. The molecule has 0 aliphatic carbocycles. The van der Waals surface area contributed by atoms with Gasteiger partial charge in [-0.25, -0.2) is 16.8 Å². The molecule has 0 saturated carbocycles. The molecule has 0 radical (unpaired) electrons. The molecule has 2 aromatic carbocycles. The smallest absolute Gasteiger partial charge is 0.243 e. The van der Waals surface area contributed by atoms with Crippen LogP contribution in [-0.4, -0.2) is 112 Å². The maximum absolute atomic E-state index is 13.3. The molecule has 1 fully saturated rings. The minimum atomic E-state index is -3.79. The first-order valence-corrected chi connectivity index (χ1v) is 17.0. The van der Waals surface area contributed by atoms with Gasteiger partial charge in [0.1, 0.15) is 0 Å². The van der Waals surface area contributed by atoms with E-state index in [1.165, 1.54) is 4.31 Å². The first-order valence-electron chi connectivity index (χ1n) is 14.0. The predicted molar refractivity (Wildman–Crippen MR) is 158 cm³/mol. The first-order chi connectivity index (χ1) is 19.7. The summed E-state index contributed by atoms with van der Waals surface area (Å²) in [6.45, 7) is 8.67. The topological polar surface area (TPSA) is 135 Å². The van der Waals surface area contributed by atoms with E-state index in [4.69, 9.17) is 14.2 Å². The zero-order valence-corrected chi connectivity index (χ0v) is 25.6. The van der Waals surface area contributed by atoms with E-state index in [1.54, 1.807) is 48.5 Å². The molecule has 1 aliphatic rings. The van der Waals surface area contributed by atoms with E-state index in [0.717, 1.165) is 11.1 Å². The molecule has 0 spiro atoms. The Morgan fingerprint density at radius 3 is 1.76 bits per heavy atom. The fourth-order valence-electron chi connectivity index (χ4n) is 4.09. The van der Waals surface area contributed by atoms with Crippen molar-refractivity contribution in [1.82, 2.24) is 20.3 Å². The van der Waals surface area contributed by atoms with Crippen LogP contribution in [0, 0.1) is 13.8 Å². The van der Waals surface area contributed by atoms with Gasteiger partial charge < -0.3 is 30.2 Å². The van der Waals surface area contributed by atoms with Crippen molar-refractivity contribution < 1.29 is 31.0 Å². The second kappa shape index (κ2) is 17.2. The predicted octanol–water partition coefficient (Wildman–Crippen LogP) is 0.926. The van der Waals surface area contributed by atoms with Crippen molar-refractivity contribution in [3.05, 3.63) is 59.7 Å². The zero-order chi connectivity index (χ0) is 29.6. The molecule has 13 heteroatoms. The van der Waals surface area contributed by atoms with Crippen LogP contribution in [-0.2, 0) is 34.1 Å². The Morgan fingerprint density at radius 1 is 0.634 bits per heavy atom. The average molecular weight is 613 g/mol. The highest BCUT2D eigenvalue weighted by molar-refractivity contribution is 7.92. The average Bonchev–Trinajstić information content (AvgIpc) is 2.94. The van der Waals surface area contributed by atoms with Gasteiger partial charge in [0.25, 0.3) is 0 Å². The second-order valence-electron chi connectivity index (χ2n) is 9.81. The monoisotopic (exact) mass is 612 g/mol. The molecule has 11 nitrogen and oxygen atoms in total. The molecule has 1 saturated heterocycles. The van der Waals surface area contributed by atoms with Gasteiger partial charge in [-0.15, -0.1) is 0 Å². The fourth-order valence-corrected chi connectivity index (χ4v) is 6.90. The summed E-state index contributed by atoms with van der Waals surface area (Å²) in [6.07, 6.45) is 0. The lowest BCUT2D eigenvalue weighted by molar-refractivity contribution is -0.00303. The van der Waals surface area contributed by atoms with E-state index in [-0.39, 0.29) is 42.8 Å². The lowest BCUT2D eigenvalue weighted by Gasteiger charge is -2.23. The molecule has 1 atom stereocenters. The van der Waals surface area contributed by atoms with Crippen LogP contribution < -0.4 is 16.0 Å². The summed E-state index contributed by atoms with van der Waals surface area (Å²) in [6, 6.07) is 13.5. The van der Waals surface area contributed by atoms with Crippen LogP contribution in [0.2, 0.25) is 0 Å². The van der Waals surface area contributed by atoms with Crippen LogP contribution in [0.3, 0.4) is 0 Å². The van der Waals surface area contributed by atoms with E-state index >= 15 is 0 Å². The standard InChI is InChI=1S/C28H44N4O7S2/c1-24-3-7-26(8-4-24)40(33,34)28-23-38-20-16-31-14-18-32(41(35,36)27-9-5-25(2)6-10-27)17-13-29-11-12-30-15-19-37-21-22-39-28/h3-10,28-31H,11-23H2,1-2H3. The van der Waals surface area contributed by atoms with E-state index in [0.29, 0.717) is 52.4 Å². The number of sulfone groups is 1. The summed E-state index contributed by atoms with van der Waals surface area (Å²) < 4.78 is 71.7. The highest BCUT2D eigenvalue weighted by Crippen LogP contribution is 2.19. The van der Waals surface area contributed by atoms with Crippen molar-refractivity contribution in [2.45, 2.75) is 29.1 Å². The number of benzene rings is 2. The van der Waals surface area contributed by atoms with Crippen molar-refractivity contribution >= 4 is 19.9 Å². The Labute approximate surface area is 244 Å². The third kappa shape index (κ3) is 11.0. The zero-order valence-electron chi connectivity index (χ0n) is 24.0. The van der Waals surface area contributed by atoms with E-state index < -0.39 is 25.3 Å². The minimum Gasteiger partial charge on any atom is -0.378 e. The summed E-state index contributed by atoms with van der Waals surface area (Å²) in [5, 5.41) is 9.75. The molecule has 3 N–H and O–H groups in total. The third-order valence-corrected chi connectivity index (χ3v) is 10.3. The highest BCUT2D eigenvalue weighted by atomic mass is 32.2. The molecule has 0 amide bonds. The van der Waals surface area contributed by atoms with Gasteiger partial charge in [-0.05, 0) is 38.1 Å². The summed E-state index contributed by atoms with van der Waals surface area (Å²) in [7, 11) is -7.46. The Morgan fingerprint density at radius 2 is 1.15 bits per heavy atom. The van der Waals surface area contributed by atoms with Crippen molar-refractivity contribution in [2.24, 2.45) is 0 Å². The van der Waals surface area contributed by atoms with Crippen LogP contribution in [0.5, 0.6) is 0 Å². The number of aryl methyl sites for hydroxylation is 2. The van der Waals surface area contributed by atoms with Gasteiger partial charge in [-0.1, -0.05) is 35.4 Å². The Hall–Kier alpha value is -1.94. The number of ether oxygens (including phenoxy) is 3. The number of rotatable bonds is 4.